The predicted octanol–water partition coefficient (Wildman–Crippen LogP) is 2.84. The molecule has 1 N–H and O–H groups in total. The van der Waals surface area contributed by atoms with Crippen LogP contribution in [0.25, 0.3) is 0 Å². The van der Waals surface area contributed by atoms with Crippen molar-refractivity contribution in [3.05, 3.63) is 66.7 Å². The maximum absolute atomic E-state index is 13.0. The van der Waals surface area contributed by atoms with Gasteiger partial charge in [0, 0.05) is 18.4 Å². The molecule has 30 heavy (non-hydrogen) atoms. The molecule has 1 atom stereocenters. The molecule has 0 radical (unpaired) electrons. The third kappa shape index (κ3) is 4.62. The van der Waals surface area contributed by atoms with E-state index in [-0.39, 0.29) is 24.2 Å². The van der Waals surface area contributed by atoms with Crippen molar-refractivity contribution < 1.29 is 18.7 Å². The van der Waals surface area contributed by atoms with Crippen molar-refractivity contribution in [1.82, 2.24) is 19.9 Å². The SMILES string of the molecule is O=C(Nc1ccc(Oc2ccc(F)cc2)cc1)[C@@H]1CCCN1C(=O)Cn1ccnn1. The van der Waals surface area contributed by atoms with E-state index in [1.807, 2.05) is 0 Å². The van der Waals surface area contributed by atoms with Crippen LogP contribution in [0.5, 0.6) is 11.5 Å². The molecule has 0 spiro atoms. The molecule has 1 aliphatic rings. The molecular weight excluding hydrogens is 389 g/mol. The standard InChI is InChI=1S/C21H20FN5O3/c22-15-3-7-17(8-4-15)30-18-9-5-16(6-10-18)24-21(29)19-2-1-12-27(19)20(28)14-26-13-11-23-25-26/h3-11,13,19H,1-2,12,14H2,(H,24,29)/t19-/m0/s1. The zero-order valence-electron chi connectivity index (χ0n) is 16.1. The van der Waals surface area contributed by atoms with Crippen LogP contribution in [0.1, 0.15) is 12.8 Å². The van der Waals surface area contributed by atoms with Crippen molar-refractivity contribution in [1.29, 1.82) is 0 Å². The monoisotopic (exact) mass is 409 g/mol. The van der Waals surface area contributed by atoms with Crippen LogP contribution >= 0.6 is 0 Å². The zero-order chi connectivity index (χ0) is 20.9. The summed E-state index contributed by atoms with van der Waals surface area (Å²) in [7, 11) is 0. The number of amides is 2. The number of carbonyl (C=O) groups is 2. The van der Waals surface area contributed by atoms with Gasteiger partial charge in [-0.2, -0.15) is 0 Å². The fourth-order valence-corrected chi connectivity index (χ4v) is 3.35. The Morgan fingerprint density at radius 3 is 2.47 bits per heavy atom. The van der Waals surface area contributed by atoms with Crippen molar-refractivity contribution in [2.24, 2.45) is 0 Å². The topological polar surface area (TPSA) is 89.4 Å². The number of nitrogens with one attached hydrogen (secondary N) is 1. The van der Waals surface area contributed by atoms with Crippen molar-refractivity contribution in [3.63, 3.8) is 0 Å². The number of halogens is 1. The first-order valence-corrected chi connectivity index (χ1v) is 9.56. The van der Waals surface area contributed by atoms with Crippen LogP contribution in [0.15, 0.2) is 60.9 Å². The Kier molecular flexibility index (Phi) is 5.69. The average molecular weight is 409 g/mol. The van der Waals surface area contributed by atoms with Gasteiger partial charge in [-0.15, -0.1) is 5.10 Å². The van der Waals surface area contributed by atoms with Gasteiger partial charge >= 0.3 is 0 Å². The second-order valence-electron chi connectivity index (χ2n) is 6.92. The minimum atomic E-state index is -0.517. The number of hydrogen-bond acceptors (Lipinski definition) is 5. The molecule has 2 aromatic carbocycles. The summed E-state index contributed by atoms with van der Waals surface area (Å²) in [4.78, 5) is 26.9. The zero-order valence-corrected chi connectivity index (χ0v) is 16.1. The molecule has 0 unspecified atom stereocenters. The highest BCUT2D eigenvalue weighted by molar-refractivity contribution is 5.97. The van der Waals surface area contributed by atoms with Gasteiger partial charge in [-0.25, -0.2) is 9.07 Å². The van der Waals surface area contributed by atoms with Gasteiger partial charge in [-0.1, -0.05) is 5.21 Å². The first-order chi connectivity index (χ1) is 14.6. The summed E-state index contributed by atoms with van der Waals surface area (Å²) in [6.07, 6.45) is 4.50. The summed E-state index contributed by atoms with van der Waals surface area (Å²) in [6, 6.07) is 12.1. The van der Waals surface area contributed by atoms with E-state index in [0.29, 0.717) is 30.2 Å². The minimum absolute atomic E-state index is 0.0548. The summed E-state index contributed by atoms with van der Waals surface area (Å²) in [5.74, 6) is 0.347. The van der Waals surface area contributed by atoms with Crippen molar-refractivity contribution in [3.8, 4) is 11.5 Å². The van der Waals surface area contributed by atoms with E-state index < -0.39 is 6.04 Å². The first kappa shape index (κ1) is 19.6. The fraction of sp³-hybridized carbons (Fsp3) is 0.238. The van der Waals surface area contributed by atoms with E-state index >= 15 is 0 Å². The lowest BCUT2D eigenvalue weighted by atomic mass is 10.2. The Morgan fingerprint density at radius 1 is 1.10 bits per heavy atom. The average Bonchev–Trinajstić information content (AvgIpc) is 3.43. The molecule has 2 amide bonds. The molecule has 9 heteroatoms. The number of benzene rings is 2. The van der Waals surface area contributed by atoms with Crippen LogP contribution < -0.4 is 10.1 Å². The number of rotatable bonds is 6. The molecule has 4 rings (SSSR count). The first-order valence-electron chi connectivity index (χ1n) is 9.56. The molecule has 8 nitrogen and oxygen atoms in total. The van der Waals surface area contributed by atoms with Crippen molar-refractivity contribution >= 4 is 17.5 Å². The molecule has 1 saturated heterocycles. The van der Waals surface area contributed by atoms with Crippen LogP contribution in [0.2, 0.25) is 0 Å². The summed E-state index contributed by atoms with van der Waals surface area (Å²) in [5.41, 5.74) is 0.599. The second kappa shape index (κ2) is 8.73. The minimum Gasteiger partial charge on any atom is -0.457 e. The van der Waals surface area contributed by atoms with Gasteiger partial charge in [0.25, 0.3) is 0 Å². The number of nitrogens with zero attached hydrogens (tertiary/aromatic N) is 4. The van der Waals surface area contributed by atoms with Crippen LogP contribution in [-0.4, -0.2) is 44.3 Å². The van der Waals surface area contributed by atoms with E-state index in [0.717, 1.165) is 6.42 Å². The Morgan fingerprint density at radius 2 is 1.80 bits per heavy atom. The maximum Gasteiger partial charge on any atom is 0.247 e. The maximum atomic E-state index is 13.0. The predicted molar refractivity (Wildman–Crippen MR) is 106 cm³/mol. The van der Waals surface area contributed by atoms with Crippen LogP contribution in [0.4, 0.5) is 10.1 Å². The summed E-state index contributed by atoms with van der Waals surface area (Å²) < 4.78 is 20.1. The molecule has 1 fully saturated rings. The summed E-state index contributed by atoms with van der Waals surface area (Å²) >= 11 is 0. The lowest BCUT2D eigenvalue weighted by Crippen LogP contribution is -2.44. The van der Waals surface area contributed by atoms with Gasteiger partial charge < -0.3 is 15.0 Å². The van der Waals surface area contributed by atoms with Gasteiger partial charge in [-0.05, 0) is 61.4 Å². The molecule has 0 bridgehead atoms. The number of aromatic nitrogens is 3. The summed E-state index contributed by atoms with van der Waals surface area (Å²) in [5, 5.41) is 10.3. The van der Waals surface area contributed by atoms with Crippen LogP contribution in [0.3, 0.4) is 0 Å². The van der Waals surface area contributed by atoms with Crippen LogP contribution in [0, 0.1) is 5.82 Å². The second-order valence-corrected chi connectivity index (χ2v) is 6.92. The van der Waals surface area contributed by atoms with Gasteiger partial charge in [0.1, 0.15) is 29.9 Å². The molecule has 1 aromatic heterocycles. The van der Waals surface area contributed by atoms with Gasteiger partial charge in [0.2, 0.25) is 11.8 Å². The van der Waals surface area contributed by atoms with E-state index in [2.05, 4.69) is 15.6 Å². The molecule has 0 saturated carbocycles. The van der Waals surface area contributed by atoms with Gasteiger partial charge in [0.15, 0.2) is 0 Å². The molecule has 3 aromatic rings. The number of anilines is 1. The third-order valence-electron chi connectivity index (χ3n) is 4.82. The van der Waals surface area contributed by atoms with Crippen molar-refractivity contribution in [2.45, 2.75) is 25.4 Å². The number of carbonyl (C=O) groups excluding carboxylic acids is 2. The van der Waals surface area contributed by atoms with Gasteiger partial charge in [0.05, 0.1) is 6.20 Å². The largest absolute Gasteiger partial charge is 0.457 e. The Hall–Kier alpha value is -3.75. The molecule has 154 valence electrons. The highest BCUT2D eigenvalue weighted by atomic mass is 19.1. The smallest absolute Gasteiger partial charge is 0.247 e. The number of ether oxygens (including phenoxy) is 1. The summed E-state index contributed by atoms with van der Waals surface area (Å²) in [6.45, 7) is 0.593. The molecule has 1 aliphatic heterocycles. The Bertz CT molecular complexity index is 1010. The van der Waals surface area contributed by atoms with E-state index in [1.54, 1.807) is 35.4 Å². The molecule has 2 heterocycles. The fourth-order valence-electron chi connectivity index (χ4n) is 3.35. The lowest BCUT2D eigenvalue weighted by molar-refractivity contribution is -0.137. The Labute approximate surface area is 172 Å². The lowest BCUT2D eigenvalue weighted by Gasteiger charge is -2.24. The van der Waals surface area contributed by atoms with E-state index in [4.69, 9.17) is 4.74 Å². The number of likely N-dealkylation sites (tertiary alicyclic amines) is 1. The highest BCUT2D eigenvalue weighted by Gasteiger charge is 2.34. The molecule has 0 aliphatic carbocycles. The van der Waals surface area contributed by atoms with Crippen molar-refractivity contribution in [2.75, 3.05) is 11.9 Å². The number of hydrogen-bond donors (Lipinski definition) is 1. The van der Waals surface area contributed by atoms with E-state index in [1.165, 1.54) is 35.1 Å². The van der Waals surface area contributed by atoms with Gasteiger partial charge in [-0.3, -0.25) is 9.59 Å². The quantitative estimate of drug-likeness (QED) is 0.676. The highest BCUT2D eigenvalue weighted by Crippen LogP contribution is 2.24. The third-order valence-corrected chi connectivity index (χ3v) is 4.82. The Balaban J connectivity index is 1.35. The van der Waals surface area contributed by atoms with E-state index in [9.17, 15) is 14.0 Å². The molecular formula is C21H20FN5O3. The normalized spacial score (nSPS) is 15.8. The van der Waals surface area contributed by atoms with Crippen LogP contribution in [-0.2, 0) is 16.1 Å².